The number of anilines is 1. The predicted molar refractivity (Wildman–Crippen MR) is 94.1 cm³/mol. The van der Waals surface area contributed by atoms with Crippen LogP contribution in [0.2, 0.25) is 10.2 Å². The van der Waals surface area contributed by atoms with E-state index in [4.69, 9.17) is 23.2 Å². The smallest absolute Gasteiger partial charge is 0.230 e. The second-order valence-corrected chi connectivity index (χ2v) is 6.53. The Morgan fingerprint density at radius 1 is 1.25 bits per heavy atom. The summed E-state index contributed by atoms with van der Waals surface area (Å²) in [5, 5.41) is 5.35. The molecule has 1 aromatic carbocycles. The fourth-order valence-corrected chi connectivity index (χ4v) is 3.01. The lowest BCUT2D eigenvalue weighted by molar-refractivity contribution is -0.115. The zero-order valence-electron chi connectivity index (χ0n) is 12.1. The van der Waals surface area contributed by atoms with Crippen LogP contribution in [0.1, 0.15) is 5.56 Å². The number of aromatic nitrogens is 2. The Morgan fingerprint density at radius 2 is 2.08 bits per heavy atom. The minimum absolute atomic E-state index is 0.0290. The van der Waals surface area contributed by atoms with Gasteiger partial charge in [-0.25, -0.2) is 14.4 Å². The summed E-state index contributed by atoms with van der Waals surface area (Å²) < 4.78 is 13.2. The molecule has 0 saturated heterocycles. The third-order valence-corrected chi connectivity index (χ3v) is 4.39. The van der Waals surface area contributed by atoms with Crippen LogP contribution in [0.4, 0.5) is 9.52 Å². The summed E-state index contributed by atoms with van der Waals surface area (Å²) in [6.45, 7) is 0. The summed E-state index contributed by atoms with van der Waals surface area (Å²) in [7, 11) is 0. The van der Waals surface area contributed by atoms with E-state index in [9.17, 15) is 9.18 Å². The number of halogens is 3. The number of carbonyl (C=O) groups is 1. The molecule has 0 aliphatic heterocycles. The molecular weight excluding hydrogens is 372 g/mol. The number of thiazole rings is 1. The maximum absolute atomic E-state index is 13.2. The second kappa shape index (κ2) is 7.25. The van der Waals surface area contributed by atoms with Gasteiger partial charge >= 0.3 is 0 Å². The molecule has 0 bridgehead atoms. The maximum Gasteiger partial charge on any atom is 0.230 e. The van der Waals surface area contributed by atoms with Crippen molar-refractivity contribution in [2.24, 2.45) is 0 Å². The van der Waals surface area contributed by atoms with Crippen molar-refractivity contribution >= 4 is 45.6 Å². The zero-order valence-corrected chi connectivity index (χ0v) is 14.4. The molecule has 0 unspecified atom stereocenters. The van der Waals surface area contributed by atoms with Gasteiger partial charge in [-0.05, 0) is 29.8 Å². The van der Waals surface area contributed by atoms with E-state index in [-0.39, 0.29) is 17.4 Å². The highest BCUT2D eigenvalue weighted by Crippen LogP contribution is 2.28. The topological polar surface area (TPSA) is 54.9 Å². The van der Waals surface area contributed by atoms with Gasteiger partial charge in [-0.1, -0.05) is 29.3 Å². The average molecular weight is 382 g/mol. The molecule has 0 saturated carbocycles. The van der Waals surface area contributed by atoms with Crippen LogP contribution in [0.3, 0.4) is 0 Å². The lowest BCUT2D eigenvalue weighted by Crippen LogP contribution is -2.14. The minimum atomic E-state index is -0.485. The van der Waals surface area contributed by atoms with Crippen molar-refractivity contribution in [3.05, 3.63) is 63.5 Å². The summed E-state index contributed by atoms with van der Waals surface area (Å²) in [4.78, 5) is 20.3. The summed E-state index contributed by atoms with van der Waals surface area (Å²) in [5.74, 6) is -0.696. The SMILES string of the molecule is O=C(Cc1ccc(Cl)nc1)Nc1nc(-c2ccc(F)c(Cl)c2)cs1. The first-order valence-corrected chi connectivity index (χ1v) is 8.46. The van der Waals surface area contributed by atoms with E-state index in [0.717, 1.165) is 5.56 Å². The van der Waals surface area contributed by atoms with E-state index in [1.807, 2.05) is 0 Å². The van der Waals surface area contributed by atoms with Crippen LogP contribution in [0, 0.1) is 5.82 Å². The van der Waals surface area contributed by atoms with Crippen molar-refractivity contribution in [1.29, 1.82) is 0 Å². The molecule has 0 radical (unpaired) electrons. The number of nitrogens with zero attached hydrogens (tertiary/aromatic N) is 2. The maximum atomic E-state index is 13.2. The molecule has 3 aromatic rings. The number of benzene rings is 1. The molecular formula is C16H10Cl2FN3OS. The third kappa shape index (κ3) is 4.08. The number of carbonyl (C=O) groups excluding carboxylic acids is 1. The highest BCUT2D eigenvalue weighted by Gasteiger charge is 2.10. The molecule has 0 aliphatic rings. The largest absolute Gasteiger partial charge is 0.302 e. The predicted octanol–water partition coefficient (Wildman–Crippen LogP) is 4.83. The van der Waals surface area contributed by atoms with Crippen LogP contribution in [0.25, 0.3) is 11.3 Å². The number of hydrogen-bond donors (Lipinski definition) is 1. The number of pyridine rings is 1. The summed E-state index contributed by atoms with van der Waals surface area (Å²) >= 11 is 12.8. The van der Waals surface area contributed by atoms with Gasteiger partial charge in [0.05, 0.1) is 17.1 Å². The Hall–Kier alpha value is -2.02. The molecule has 0 atom stereocenters. The second-order valence-electron chi connectivity index (χ2n) is 4.88. The molecule has 0 aliphatic carbocycles. The van der Waals surface area contributed by atoms with Gasteiger partial charge < -0.3 is 5.32 Å². The first-order valence-electron chi connectivity index (χ1n) is 6.82. The molecule has 1 amide bonds. The Bertz CT molecular complexity index is 883. The standard InChI is InChI=1S/C16H10Cl2FN3OS/c17-11-6-10(2-3-12(11)19)13-8-24-16(21-13)22-15(23)5-9-1-4-14(18)20-7-9/h1-4,6-8H,5H2,(H,21,22,23). The third-order valence-electron chi connectivity index (χ3n) is 3.12. The van der Waals surface area contributed by atoms with Crippen molar-refractivity contribution in [2.45, 2.75) is 6.42 Å². The first kappa shape index (κ1) is 16.8. The molecule has 0 fully saturated rings. The Balaban J connectivity index is 1.68. The lowest BCUT2D eigenvalue weighted by Gasteiger charge is -2.02. The fourth-order valence-electron chi connectivity index (χ4n) is 1.98. The van der Waals surface area contributed by atoms with Gasteiger partial charge in [-0.15, -0.1) is 11.3 Å². The average Bonchev–Trinajstić information content (AvgIpc) is 3.00. The summed E-state index contributed by atoms with van der Waals surface area (Å²) in [5.41, 5.74) is 2.05. The molecule has 2 aromatic heterocycles. The molecule has 3 rings (SSSR count). The van der Waals surface area contributed by atoms with Gasteiger partial charge in [-0.2, -0.15) is 0 Å². The molecule has 1 N–H and O–H groups in total. The normalized spacial score (nSPS) is 10.6. The van der Waals surface area contributed by atoms with Gasteiger partial charge in [0.2, 0.25) is 5.91 Å². The van der Waals surface area contributed by atoms with Gasteiger partial charge in [0, 0.05) is 17.1 Å². The lowest BCUT2D eigenvalue weighted by atomic mass is 10.2. The van der Waals surface area contributed by atoms with E-state index in [1.54, 1.807) is 29.8 Å². The fraction of sp³-hybridized carbons (Fsp3) is 0.0625. The van der Waals surface area contributed by atoms with Crippen LogP contribution in [-0.2, 0) is 11.2 Å². The van der Waals surface area contributed by atoms with E-state index < -0.39 is 5.82 Å². The van der Waals surface area contributed by atoms with Gasteiger partial charge in [0.25, 0.3) is 0 Å². The Kier molecular flexibility index (Phi) is 5.08. The molecule has 24 heavy (non-hydrogen) atoms. The Morgan fingerprint density at radius 3 is 2.79 bits per heavy atom. The first-order chi connectivity index (χ1) is 11.5. The van der Waals surface area contributed by atoms with E-state index in [0.29, 0.717) is 21.5 Å². The monoisotopic (exact) mass is 381 g/mol. The number of rotatable bonds is 4. The molecule has 2 heterocycles. The molecule has 0 spiro atoms. The zero-order chi connectivity index (χ0) is 17.1. The molecule has 8 heteroatoms. The number of amides is 1. The Labute approximate surface area is 151 Å². The van der Waals surface area contributed by atoms with Crippen molar-refractivity contribution in [2.75, 3.05) is 5.32 Å². The van der Waals surface area contributed by atoms with Crippen molar-refractivity contribution in [3.8, 4) is 11.3 Å². The van der Waals surface area contributed by atoms with E-state index in [1.165, 1.54) is 23.5 Å². The van der Waals surface area contributed by atoms with Crippen LogP contribution in [0.5, 0.6) is 0 Å². The van der Waals surface area contributed by atoms with Crippen molar-refractivity contribution in [1.82, 2.24) is 9.97 Å². The summed E-state index contributed by atoms with van der Waals surface area (Å²) in [6.07, 6.45) is 1.72. The quantitative estimate of drug-likeness (QED) is 0.658. The van der Waals surface area contributed by atoms with Crippen LogP contribution < -0.4 is 5.32 Å². The number of nitrogens with one attached hydrogen (secondary N) is 1. The van der Waals surface area contributed by atoms with Crippen molar-refractivity contribution < 1.29 is 9.18 Å². The molecule has 122 valence electrons. The van der Waals surface area contributed by atoms with Gasteiger partial charge in [-0.3, -0.25) is 4.79 Å². The van der Waals surface area contributed by atoms with Crippen LogP contribution in [-0.4, -0.2) is 15.9 Å². The molecule has 4 nitrogen and oxygen atoms in total. The minimum Gasteiger partial charge on any atom is -0.302 e. The van der Waals surface area contributed by atoms with E-state index in [2.05, 4.69) is 15.3 Å². The summed E-state index contributed by atoms with van der Waals surface area (Å²) in [6, 6.07) is 7.73. The van der Waals surface area contributed by atoms with Gasteiger partial charge in [0.1, 0.15) is 11.0 Å². The van der Waals surface area contributed by atoms with Crippen LogP contribution >= 0.6 is 34.5 Å². The highest BCUT2D eigenvalue weighted by molar-refractivity contribution is 7.14. The highest BCUT2D eigenvalue weighted by atomic mass is 35.5. The van der Waals surface area contributed by atoms with Crippen molar-refractivity contribution in [3.63, 3.8) is 0 Å². The number of hydrogen-bond acceptors (Lipinski definition) is 4. The van der Waals surface area contributed by atoms with Crippen LogP contribution in [0.15, 0.2) is 41.9 Å². The van der Waals surface area contributed by atoms with Gasteiger partial charge in [0.15, 0.2) is 5.13 Å². The van der Waals surface area contributed by atoms with E-state index >= 15 is 0 Å².